The van der Waals surface area contributed by atoms with E-state index in [9.17, 15) is 15.3 Å². The fourth-order valence-electron chi connectivity index (χ4n) is 6.38. The second-order valence-corrected chi connectivity index (χ2v) is 10.5. The molecule has 2 heterocycles. The average molecular weight is 527 g/mol. The third-order valence-electron chi connectivity index (χ3n) is 8.45. The number of aromatic nitrogens is 1. The SMILES string of the molecule is COc1cc2cc3c(c(-c4ccnc(N5CCC(O)c6ccccc65)c4)c2cc1OC)CC(CO)C(CO)C3. The van der Waals surface area contributed by atoms with Crippen LogP contribution < -0.4 is 14.4 Å². The van der Waals surface area contributed by atoms with E-state index >= 15 is 0 Å². The van der Waals surface area contributed by atoms with Crippen LogP contribution in [0.4, 0.5) is 11.5 Å². The number of fused-ring (bicyclic) bond motifs is 3. The van der Waals surface area contributed by atoms with Crippen molar-refractivity contribution in [2.75, 3.05) is 38.9 Å². The van der Waals surface area contributed by atoms with Crippen molar-refractivity contribution in [3.8, 4) is 22.6 Å². The smallest absolute Gasteiger partial charge is 0.161 e. The fourth-order valence-corrected chi connectivity index (χ4v) is 6.38. The van der Waals surface area contributed by atoms with E-state index < -0.39 is 6.10 Å². The van der Waals surface area contributed by atoms with Crippen molar-refractivity contribution < 1.29 is 24.8 Å². The monoisotopic (exact) mass is 526 g/mol. The highest BCUT2D eigenvalue weighted by Gasteiger charge is 2.31. The number of anilines is 2. The summed E-state index contributed by atoms with van der Waals surface area (Å²) in [7, 11) is 3.28. The van der Waals surface area contributed by atoms with Gasteiger partial charge in [-0.1, -0.05) is 24.3 Å². The first kappa shape index (κ1) is 25.6. The summed E-state index contributed by atoms with van der Waals surface area (Å²) in [5.74, 6) is 2.13. The number of rotatable bonds is 6. The molecule has 1 aliphatic heterocycles. The number of para-hydroxylation sites is 1. The quantitative estimate of drug-likeness (QED) is 0.332. The van der Waals surface area contributed by atoms with E-state index in [0.717, 1.165) is 39.0 Å². The Kier molecular flexibility index (Phi) is 6.89. The van der Waals surface area contributed by atoms with Crippen molar-refractivity contribution in [1.82, 2.24) is 4.98 Å². The average Bonchev–Trinajstić information content (AvgIpc) is 2.98. The molecule has 0 spiro atoms. The predicted molar refractivity (Wildman–Crippen MR) is 152 cm³/mol. The van der Waals surface area contributed by atoms with Crippen LogP contribution in [0.25, 0.3) is 21.9 Å². The highest BCUT2D eigenvalue weighted by molar-refractivity contribution is 6.01. The van der Waals surface area contributed by atoms with Gasteiger partial charge in [-0.25, -0.2) is 4.98 Å². The molecule has 3 unspecified atom stereocenters. The Morgan fingerprint density at radius 1 is 0.923 bits per heavy atom. The van der Waals surface area contributed by atoms with Gasteiger partial charge in [-0.05, 0) is 94.5 Å². The molecule has 0 radical (unpaired) electrons. The number of aliphatic hydroxyl groups is 3. The molecule has 39 heavy (non-hydrogen) atoms. The molecule has 0 amide bonds. The molecule has 4 aromatic rings. The number of methoxy groups -OCH3 is 2. The summed E-state index contributed by atoms with van der Waals surface area (Å²) in [4.78, 5) is 6.92. The van der Waals surface area contributed by atoms with Crippen molar-refractivity contribution in [3.63, 3.8) is 0 Å². The highest BCUT2D eigenvalue weighted by Crippen LogP contribution is 2.45. The van der Waals surface area contributed by atoms with E-state index in [1.54, 1.807) is 14.2 Å². The lowest BCUT2D eigenvalue weighted by atomic mass is 9.73. The molecule has 1 aliphatic carbocycles. The van der Waals surface area contributed by atoms with Crippen molar-refractivity contribution in [3.05, 3.63) is 77.5 Å². The lowest BCUT2D eigenvalue weighted by Gasteiger charge is -2.34. The molecule has 3 N–H and O–H groups in total. The largest absolute Gasteiger partial charge is 0.493 e. The molecule has 202 valence electrons. The number of benzene rings is 3. The Morgan fingerprint density at radius 2 is 1.67 bits per heavy atom. The molecule has 7 heteroatoms. The van der Waals surface area contributed by atoms with Crippen LogP contribution in [-0.4, -0.2) is 54.3 Å². The molecule has 3 aromatic carbocycles. The summed E-state index contributed by atoms with van der Waals surface area (Å²) < 4.78 is 11.3. The standard InChI is InChI=1S/C32H34N2O5/c1-38-29-14-21-11-20-12-22(17-35)23(18-36)13-25(20)32(26(21)16-30(29)39-2)19-7-9-33-31(15-19)34-10-8-28(37)24-5-3-4-6-27(24)34/h3-7,9,11,14-16,22-23,28,35-37H,8,10,12-13,17-18H2,1-2H3. The fraction of sp³-hybridized carbons (Fsp3) is 0.344. The zero-order valence-corrected chi connectivity index (χ0v) is 22.3. The lowest BCUT2D eigenvalue weighted by molar-refractivity contribution is 0.113. The maximum Gasteiger partial charge on any atom is 0.161 e. The maximum atomic E-state index is 10.6. The van der Waals surface area contributed by atoms with E-state index in [-0.39, 0.29) is 25.0 Å². The van der Waals surface area contributed by atoms with Gasteiger partial charge in [-0.2, -0.15) is 0 Å². The van der Waals surface area contributed by atoms with E-state index in [1.165, 1.54) is 11.1 Å². The minimum absolute atomic E-state index is 0.0113. The Bertz CT molecular complexity index is 1520. The van der Waals surface area contributed by atoms with Gasteiger partial charge >= 0.3 is 0 Å². The summed E-state index contributed by atoms with van der Waals surface area (Å²) in [6.07, 6.45) is 3.36. The van der Waals surface area contributed by atoms with Gasteiger partial charge in [0.1, 0.15) is 5.82 Å². The normalized spacial score (nSPS) is 20.4. The van der Waals surface area contributed by atoms with Crippen LogP contribution in [0.15, 0.2) is 60.8 Å². The third-order valence-corrected chi connectivity index (χ3v) is 8.45. The van der Waals surface area contributed by atoms with Gasteiger partial charge in [0.2, 0.25) is 0 Å². The topological polar surface area (TPSA) is 95.3 Å². The highest BCUT2D eigenvalue weighted by atomic mass is 16.5. The summed E-state index contributed by atoms with van der Waals surface area (Å²) in [6.45, 7) is 0.740. The Hall–Kier alpha value is -3.65. The number of pyridine rings is 1. The third kappa shape index (κ3) is 4.40. The van der Waals surface area contributed by atoms with Gasteiger partial charge in [0, 0.05) is 37.2 Å². The van der Waals surface area contributed by atoms with Crippen LogP contribution in [0.5, 0.6) is 11.5 Å². The van der Waals surface area contributed by atoms with E-state index in [4.69, 9.17) is 14.5 Å². The van der Waals surface area contributed by atoms with Gasteiger partial charge in [0.25, 0.3) is 0 Å². The minimum atomic E-state index is -0.483. The molecule has 6 rings (SSSR count). The number of hydrogen-bond acceptors (Lipinski definition) is 7. The van der Waals surface area contributed by atoms with Gasteiger partial charge in [0.15, 0.2) is 11.5 Å². The first-order valence-corrected chi connectivity index (χ1v) is 13.5. The number of ether oxygens (including phenoxy) is 2. The van der Waals surface area contributed by atoms with Crippen LogP contribution in [0, 0.1) is 11.8 Å². The van der Waals surface area contributed by atoms with Gasteiger partial charge in [0.05, 0.1) is 20.3 Å². The predicted octanol–water partition coefficient (Wildman–Crippen LogP) is 4.81. The summed E-state index contributed by atoms with van der Waals surface area (Å²) in [5.41, 5.74) is 6.36. The lowest BCUT2D eigenvalue weighted by Crippen LogP contribution is -2.31. The van der Waals surface area contributed by atoms with E-state index in [2.05, 4.69) is 17.0 Å². The molecule has 0 bridgehead atoms. The molecule has 0 fully saturated rings. The number of aliphatic hydroxyl groups excluding tert-OH is 3. The van der Waals surface area contributed by atoms with Crippen LogP contribution in [0.2, 0.25) is 0 Å². The van der Waals surface area contributed by atoms with Crippen LogP contribution >= 0.6 is 0 Å². The van der Waals surface area contributed by atoms with E-state index in [1.807, 2.05) is 48.7 Å². The second kappa shape index (κ2) is 10.5. The van der Waals surface area contributed by atoms with Gasteiger partial charge < -0.3 is 29.7 Å². The first-order chi connectivity index (χ1) is 19.1. The maximum absolute atomic E-state index is 10.6. The van der Waals surface area contributed by atoms with Crippen molar-refractivity contribution >= 4 is 22.3 Å². The molecule has 1 aromatic heterocycles. The van der Waals surface area contributed by atoms with Crippen LogP contribution in [-0.2, 0) is 12.8 Å². The number of nitrogens with zero attached hydrogens (tertiary/aromatic N) is 2. The summed E-state index contributed by atoms with van der Waals surface area (Å²) >= 11 is 0. The molecule has 2 aliphatic rings. The Balaban J connectivity index is 1.56. The van der Waals surface area contributed by atoms with Crippen LogP contribution in [0.3, 0.4) is 0 Å². The number of hydrogen-bond donors (Lipinski definition) is 3. The molecular weight excluding hydrogens is 492 g/mol. The van der Waals surface area contributed by atoms with Crippen molar-refractivity contribution in [2.45, 2.75) is 25.4 Å². The Morgan fingerprint density at radius 3 is 2.44 bits per heavy atom. The zero-order chi connectivity index (χ0) is 27.1. The molecular formula is C32H34N2O5. The minimum Gasteiger partial charge on any atom is -0.493 e. The molecule has 3 atom stereocenters. The van der Waals surface area contributed by atoms with Crippen LogP contribution in [0.1, 0.15) is 29.2 Å². The molecule has 0 saturated heterocycles. The van der Waals surface area contributed by atoms with Gasteiger partial charge in [-0.3, -0.25) is 0 Å². The van der Waals surface area contributed by atoms with Crippen molar-refractivity contribution in [1.29, 1.82) is 0 Å². The summed E-state index contributed by atoms with van der Waals surface area (Å²) in [5, 5.41) is 32.9. The Labute approximate surface area is 228 Å². The van der Waals surface area contributed by atoms with Crippen molar-refractivity contribution in [2.24, 2.45) is 11.8 Å². The molecule has 7 nitrogen and oxygen atoms in total. The van der Waals surface area contributed by atoms with E-state index in [0.29, 0.717) is 37.3 Å². The summed E-state index contributed by atoms with van der Waals surface area (Å²) in [6, 6.07) is 18.3. The second-order valence-electron chi connectivity index (χ2n) is 10.5. The molecule has 0 saturated carbocycles. The zero-order valence-electron chi connectivity index (χ0n) is 22.3. The first-order valence-electron chi connectivity index (χ1n) is 13.5. The van der Waals surface area contributed by atoms with Gasteiger partial charge in [-0.15, -0.1) is 0 Å².